The molecule has 0 spiro atoms. The Morgan fingerprint density at radius 3 is 2.50 bits per heavy atom. The molecule has 2 aromatic rings. The summed E-state index contributed by atoms with van der Waals surface area (Å²) in [6.45, 7) is 2.20. The van der Waals surface area contributed by atoms with E-state index in [1.54, 1.807) is 20.3 Å². The number of ether oxygens (including phenoxy) is 3. The molecule has 0 aliphatic heterocycles. The minimum atomic E-state index is -0.125. The molecule has 1 amide bonds. The van der Waals surface area contributed by atoms with Crippen LogP contribution in [0.15, 0.2) is 40.9 Å². The van der Waals surface area contributed by atoms with E-state index >= 15 is 0 Å². The lowest BCUT2D eigenvalue weighted by molar-refractivity contribution is -0.116. The zero-order valence-corrected chi connectivity index (χ0v) is 15.5. The van der Waals surface area contributed by atoms with Gasteiger partial charge < -0.3 is 19.5 Å². The van der Waals surface area contributed by atoms with Gasteiger partial charge in [-0.1, -0.05) is 22.0 Å². The number of rotatable bonds is 7. The summed E-state index contributed by atoms with van der Waals surface area (Å²) in [4.78, 5) is 12.1. The molecule has 0 atom stereocenters. The number of aryl methyl sites for hydroxylation is 1. The fourth-order valence-corrected chi connectivity index (χ4v) is 2.52. The SMILES string of the molecule is COc1cc(C)c(NC(=O)CCOc2cccc(Br)c2)cc1OC. The van der Waals surface area contributed by atoms with E-state index in [0.717, 1.165) is 15.8 Å². The summed E-state index contributed by atoms with van der Waals surface area (Å²) < 4.78 is 17.0. The highest BCUT2D eigenvalue weighted by atomic mass is 79.9. The van der Waals surface area contributed by atoms with Crippen molar-refractivity contribution in [1.82, 2.24) is 0 Å². The van der Waals surface area contributed by atoms with E-state index in [4.69, 9.17) is 14.2 Å². The molecule has 0 unspecified atom stereocenters. The third-order valence-corrected chi connectivity index (χ3v) is 3.89. The Bertz CT molecular complexity index is 718. The average molecular weight is 394 g/mol. The van der Waals surface area contributed by atoms with Gasteiger partial charge in [0.15, 0.2) is 11.5 Å². The maximum Gasteiger partial charge on any atom is 0.227 e. The van der Waals surface area contributed by atoms with Crippen LogP contribution in [0.25, 0.3) is 0 Å². The monoisotopic (exact) mass is 393 g/mol. The highest BCUT2D eigenvalue weighted by molar-refractivity contribution is 9.10. The number of carbonyl (C=O) groups excluding carboxylic acids is 1. The molecule has 0 aliphatic rings. The first-order valence-corrected chi connectivity index (χ1v) is 8.23. The molecule has 128 valence electrons. The maximum atomic E-state index is 12.1. The first-order chi connectivity index (χ1) is 11.5. The van der Waals surface area contributed by atoms with Gasteiger partial charge in [0.2, 0.25) is 5.91 Å². The van der Waals surface area contributed by atoms with Crippen molar-refractivity contribution in [2.24, 2.45) is 0 Å². The van der Waals surface area contributed by atoms with Crippen LogP contribution in [0.5, 0.6) is 17.2 Å². The van der Waals surface area contributed by atoms with Gasteiger partial charge in [-0.05, 0) is 36.8 Å². The van der Waals surface area contributed by atoms with Gasteiger partial charge in [0.25, 0.3) is 0 Å². The Morgan fingerprint density at radius 2 is 1.83 bits per heavy atom. The van der Waals surface area contributed by atoms with Gasteiger partial charge in [0.05, 0.1) is 27.2 Å². The number of carbonyl (C=O) groups is 1. The summed E-state index contributed by atoms with van der Waals surface area (Å²) in [5.74, 6) is 1.80. The van der Waals surface area contributed by atoms with Gasteiger partial charge >= 0.3 is 0 Å². The number of benzene rings is 2. The van der Waals surface area contributed by atoms with Gasteiger partial charge in [0.1, 0.15) is 5.75 Å². The number of amides is 1. The summed E-state index contributed by atoms with van der Waals surface area (Å²) in [6.07, 6.45) is 0.250. The van der Waals surface area contributed by atoms with E-state index in [1.807, 2.05) is 37.3 Å². The van der Waals surface area contributed by atoms with E-state index < -0.39 is 0 Å². The van der Waals surface area contributed by atoms with E-state index in [0.29, 0.717) is 23.8 Å². The molecule has 6 heteroatoms. The molecule has 0 heterocycles. The van der Waals surface area contributed by atoms with E-state index in [-0.39, 0.29) is 12.3 Å². The second kappa shape index (κ2) is 8.59. The molecule has 0 radical (unpaired) electrons. The maximum absolute atomic E-state index is 12.1. The van der Waals surface area contributed by atoms with Crippen LogP contribution >= 0.6 is 15.9 Å². The first kappa shape index (κ1) is 18.1. The molecule has 0 aliphatic carbocycles. The summed E-state index contributed by atoms with van der Waals surface area (Å²) >= 11 is 3.38. The first-order valence-electron chi connectivity index (χ1n) is 7.44. The van der Waals surface area contributed by atoms with Crippen LogP contribution < -0.4 is 19.5 Å². The van der Waals surface area contributed by atoms with Gasteiger partial charge in [-0.2, -0.15) is 0 Å². The van der Waals surface area contributed by atoms with Gasteiger partial charge in [-0.3, -0.25) is 4.79 Å². The molecular formula is C18H20BrNO4. The normalized spacial score (nSPS) is 10.2. The van der Waals surface area contributed by atoms with E-state index in [2.05, 4.69) is 21.2 Å². The number of nitrogens with one attached hydrogen (secondary N) is 1. The minimum Gasteiger partial charge on any atom is -0.493 e. The van der Waals surface area contributed by atoms with Crippen molar-refractivity contribution in [3.63, 3.8) is 0 Å². The van der Waals surface area contributed by atoms with Crippen molar-refractivity contribution in [1.29, 1.82) is 0 Å². The molecule has 0 bridgehead atoms. The van der Waals surface area contributed by atoms with Crippen molar-refractivity contribution >= 4 is 27.5 Å². The van der Waals surface area contributed by atoms with Crippen LogP contribution in [0.3, 0.4) is 0 Å². The quantitative estimate of drug-likeness (QED) is 0.766. The molecule has 0 aromatic heterocycles. The molecule has 0 saturated carbocycles. The topological polar surface area (TPSA) is 56.8 Å². The third-order valence-electron chi connectivity index (χ3n) is 3.40. The van der Waals surface area contributed by atoms with Crippen LogP contribution in [0, 0.1) is 6.92 Å². The summed E-state index contributed by atoms with van der Waals surface area (Å²) in [5, 5.41) is 2.87. The fourth-order valence-electron chi connectivity index (χ4n) is 2.15. The van der Waals surface area contributed by atoms with Gasteiger partial charge in [-0.15, -0.1) is 0 Å². The second-order valence-corrected chi connectivity index (χ2v) is 6.04. The number of halogens is 1. The van der Waals surface area contributed by atoms with Crippen molar-refractivity contribution in [3.8, 4) is 17.2 Å². The second-order valence-electron chi connectivity index (χ2n) is 5.13. The molecule has 24 heavy (non-hydrogen) atoms. The van der Waals surface area contributed by atoms with E-state index in [9.17, 15) is 4.79 Å². The Hall–Kier alpha value is -2.21. The summed E-state index contributed by atoms with van der Waals surface area (Å²) in [7, 11) is 3.14. The van der Waals surface area contributed by atoms with Crippen LogP contribution in [-0.2, 0) is 4.79 Å². The minimum absolute atomic E-state index is 0.125. The lowest BCUT2D eigenvalue weighted by atomic mass is 10.1. The number of hydrogen-bond acceptors (Lipinski definition) is 4. The molecule has 0 saturated heterocycles. The third kappa shape index (κ3) is 4.89. The Morgan fingerprint density at radius 1 is 1.12 bits per heavy atom. The van der Waals surface area contributed by atoms with Crippen LogP contribution in [-0.4, -0.2) is 26.7 Å². The standard InChI is InChI=1S/C18H20BrNO4/c1-12-9-16(22-2)17(23-3)11-15(12)20-18(21)7-8-24-14-6-4-5-13(19)10-14/h4-6,9-11H,7-8H2,1-3H3,(H,20,21). The predicted molar refractivity (Wildman–Crippen MR) is 97.2 cm³/mol. The van der Waals surface area contributed by atoms with Crippen LogP contribution in [0.4, 0.5) is 5.69 Å². The smallest absolute Gasteiger partial charge is 0.227 e. The van der Waals surface area contributed by atoms with E-state index in [1.165, 1.54) is 0 Å². The van der Waals surface area contributed by atoms with Gasteiger partial charge in [-0.25, -0.2) is 0 Å². The van der Waals surface area contributed by atoms with Gasteiger partial charge in [0, 0.05) is 16.2 Å². The molecular weight excluding hydrogens is 374 g/mol. The number of methoxy groups -OCH3 is 2. The molecule has 5 nitrogen and oxygen atoms in total. The fraction of sp³-hybridized carbons (Fsp3) is 0.278. The Balaban J connectivity index is 1.92. The lowest BCUT2D eigenvalue weighted by Gasteiger charge is -2.14. The zero-order chi connectivity index (χ0) is 17.5. The average Bonchev–Trinajstić information content (AvgIpc) is 2.56. The van der Waals surface area contributed by atoms with Crippen molar-refractivity contribution in [3.05, 3.63) is 46.4 Å². The largest absolute Gasteiger partial charge is 0.493 e. The molecule has 1 N–H and O–H groups in total. The highest BCUT2D eigenvalue weighted by Crippen LogP contribution is 2.32. The molecule has 2 aromatic carbocycles. The lowest BCUT2D eigenvalue weighted by Crippen LogP contribution is -2.16. The number of hydrogen-bond donors (Lipinski definition) is 1. The zero-order valence-electron chi connectivity index (χ0n) is 13.9. The molecule has 2 rings (SSSR count). The van der Waals surface area contributed by atoms with Crippen molar-refractivity contribution in [2.45, 2.75) is 13.3 Å². The Labute approximate surface area is 150 Å². The highest BCUT2D eigenvalue weighted by Gasteiger charge is 2.11. The van der Waals surface area contributed by atoms with Crippen molar-refractivity contribution in [2.75, 3.05) is 26.1 Å². The van der Waals surface area contributed by atoms with Crippen molar-refractivity contribution < 1.29 is 19.0 Å². The predicted octanol–water partition coefficient (Wildman–Crippen LogP) is 4.18. The summed E-state index contributed by atoms with van der Waals surface area (Å²) in [6, 6.07) is 11.1. The van der Waals surface area contributed by atoms with Crippen LogP contribution in [0.2, 0.25) is 0 Å². The summed E-state index contributed by atoms with van der Waals surface area (Å²) in [5.41, 5.74) is 1.59. The number of anilines is 1. The Kier molecular flexibility index (Phi) is 6.49. The van der Waals surface area contributed by atoms with Crippen LogP contribution in [0.1, 0.15) is 12.0 Å². The molecule has 0 fully saturated rings.